The van der Waals surface area contributed by atoms with Gasteiger partial charge in [-0.05, 0) is 24.6 Å². The van der Waals surface area contributed by atoms with Crippen LogP contribution in [-0.4, -0.2) is 21.9 Å². The molecule has 2 heterocycles. The van der Waals surface area contributed by atoms with Crippen LogP contribution in [0.2, 0.25) is 0 Å². The van der Waals surface area contributed by atoms with Crippen molar-refractivity contribution < 1.29 is 4.74 Å². The van der Waals surface area contributed by atoms with Crippen molar-refractivity contribution in [1.29, 1.82) is 0 Å². The summed E-state index contributed by atoms with van der Waals surface area (Å²) < 4.78 is 7.28. The maximum atomic E-state index is 5.36. The van der Waals surface area contributed by atoms with E-state index >= 15 is 0 Å². The molecule has 126 valence electrons. The van der Waals surface area contributed by atoms with Gasteiger partial charge in [-0.2, -0.15) is 5.10 Å². The average Bonchev–Trinajstić information content (AvgIpc) is 3.08. The monoisotopic (exact) mass is 332 g/mol. The molecule has 4 rings (SSSR count). The van der Waals surface area contributed by atoms with Gasteiger partial charge in [-0.3, -0.25) is 0 Å². The van der Waals surface area contributed by atoms with Crippen LogP contribution >= 0.6 is 0 Å². The summed E-state index contributed by atoms with van der Waals surface area (Å²) in [5, 5.41) is 10.2. The number of nitrogens with zero attached hydrogens (tertiary/aromatic N) is 3. The Bertz CT molecular complexity index is 1020. The Labute approximate surface area is 146 Å². The van der Waals surface area contributed by atoms with Crippen molar-refractivity contribution in [2.45, 2.75) is 20.0 Å². The fourth-order valence-corrected chi connectivity index (χ4v) is 3.08. The zero-order valence-electron chi connectivity index (χ0n) is 14.4. The lowest BCUT2D eigenvalue weighted by Gasteiger charge is -2.12. The lowest BCUT2D eigenvalue weighted by atomic mass is 10.1. The Morgan fingerprint density at radius 2 is 1.92 bits per heavy atom. The SMILES string of the molecule is CCn1ncc2c(NCc3ccccc3)c3ccc(OC)cc3nc21. The molecule has 0 atom stereocenters. The molecule has 0 bridgehead atoms. The van der Waals surface area contributed by atoms with Gasteiger partial charge in [-0.25, -0.2) is 9.67 Å². The van der Waals surface area contributed by atoms with Crippen LogP contribution in [0.5, 0.6) is 5.75 Å². The molecule has 5 heteroatoms. The second-order valence-corrected chi connectivity index (χ2v) is 5.91. The molecule has 0 unspecified atom stereocenters. The molecule has 2 aromatic heterocycles. The Balaban J connectivity index is 1.87. The largest absolute Gasteiger partial charge is 0.497 e. The van der Waals surface area contributed by atoms with Crippen LogP contribution in [0.15, 0.2) is 54.7 Å². The van der Waals surface area contributed by atoms with Crippen LogP contribution < -0.4 is 10.1 Å². The van der Waals surface area contributed by atoms with E-state index in [1.165, 1.54) is 5.56 Å². The van der Waals surface area contributed by atoms with Crippen molar-refractivity contribution >= 4 is 27.6 Å². The molecule has 0 saturated carbocycles. The molecule has 4 aromatic rings. The summed E-state index contributed by atoms with van der Waals surface area (Å²) in [4.78, 5) is 4.81. The summed E-state index contributed by atoms with van der Waals surface area (Å²) >= 11 is 0. The number of methoxy groups -OCH3 is 1. The summed E-state index contributed by atoms with van der Waals surface area (Å²) in [5.41, 5.74) is 4.08. The molecule has 0 aliphatic carbocycles. The number of anilines is 1. The second-order valence-electron chi connectivity index (χ2n) is 5.91. The van der Waals surface area contributed by atoms with Gasteiger partial charge in [0.15, 0.2) is 5.65 Å². The van der Waals surface area contributed by atoms with Crippen molar-refractivity contribution in [3.63, 3.8) is 0 Å². The van der Waals surface area contributed by atoms with Crippen molar-refractivity contribution in [3.05, 3.63) is 60.3 Å². The first-order chi connectivity index (χ1) is 12.3. The highest BCUT2D eigenvalue weighted by Crippen LogP contribution is 2.33. The molecule has 0 radical (unpaired) electrons. The molecule has 0 amide bonds. The van der Waals surface area contributed by atoms with E-state index in [2.05, 4.69) is 47.7 Å². The third-order valence-electron chi connectivity index (χ3n) is 4.39. The first kappa shape index (κ1) is 15.4. The lowest BCUT2D eigenvalue weighted by molar-refractivity contribution is 0.415. The van der Waals surface area contributed by atoms with Crippen LogP contribution in [0.4, 0.5) is 5.69 Å². The standard InChI is InChI=1S/C20H20N4O/c1-3-24-20-17(13-22-24)19(21-12-14-7-5-4-6-8-14)16-10-9-15(25-2)11-18(16)23-20/h4-11,13H,3,12H2,1-2H3,(H,21,23). The van der Waals surface area contributed by atoms with Crippen molar-refractivity contribution in [2.24, 2.45) is 0 Å². The molecule has 0 saturated heterocycles. The number of benzene rings is 2. The van der Waals surface area contributed by atoms with Gasteiger partial charge < -0.3 is 10.1 Å². The topological polar surface area (TPSA) is 52.0 Å². The minimum Gasteiger partial charge on any atom is -0.497 e. The number of nitrogens with one attached hydrogen (secondary N) is 1. The van der Waals surface area contributed by atoms with E-state index < -0.39 is 0 Å². The summed E-state index contributed by atoms with van der Waals surface area (Å²) in [6.07, 6.45) is 1.89. The molecule has 5 nitrogen and oxygen atoms in total. The molecular formula is C20H20N4O. The molecular weight excluding hydrogens is 312 g/mol. The Kier molecular flexibility index (Phi) is 3.98. The number of fused-ring (bicyclic) bond motifs is 2. The third-order valence-corrected chi connectivity index (χ3v) is 4.39. The van der Waals surface area contributed by atoms with Gasteiger partial charge >= 0.3 is 0 Å². The van der Waals surface area contributed by atoms with Crippen molar-refractivity contribution in [1.82, 2.24) is 14.8 Å². The van der Waals surface area contributed by atoms with E-state index in [0.29, 0.717) is 0 Å². The number of hydrogen-bond donors (Lipinski definition) is 1. The highest BCUT2D eigenvalue weighted by atomic mass is 16.5. The van der Waals surface area contributed by atoms with E-state index in [1.54, 1.807) is 7.11 Å². The Morgan fingerprint density at radius 1 is 1.08 bits per heavy atom. The van der Waals surface area contributed by atoms with Gasteiger partial charge in [0.1, 0.15) is 5.75 Å². The molecule has 0 fully saturated rings. The molecule has 1 N–H and O–H groups in total. The number of pyridine rings is 1. The van der Waals surface area contributed by atoms with E-state index in [1.807, 2.05) is 29.1 Å². The predicted octanol–water partition coefficient (Wildman–Crippen LogP) is 4.23. The minimum absolute atomic E-state index is 0.748. The smallest absolute Gasteiger partial charge is 0.160 e. The van der Waals surface area contributed by atoms with Crippen LogP contribution in [0, 0.1) is 0 Å². The first-order valence-corrected chi connectivity index (χ1v) is 8.41. The lowest BCUT2D eigenvalue weighted by Crippen LogP contribution is -2.03. The van der Waals surface area contributed by atoms with Gasteiger partial charge in [0.05, 0.1) is 29.9 Å². The van der Waals surface area contributed by atoms with Crippen molar-refractivity contribution in [3.8, 4) is 5.75 Å². The summed E-state index contributed by atoms with van der Waals surface area (Å²) in [6, 6.07) is 16.4. The maximum absolute atomic E-state index is 5.36. The van der Waals surface area contributed by atoms with Crippen molar-refractivity contribution in [2.75, 3.05) is 12.4 Å². The van der Waals surface area contributed by atoms with Crippen LogP contribution in [0.25, 0.3) is 21.9 Å². The van der Waals surface area contributed by atoms with E-state index in [-0.39, 0.29) is 0 Å². The highest BCUT2D eigenvalue weighted by molar-refractivity contribution is 6.06. The zero-order valence-corrected chi connectivity index (χ0v) is 14.4. The van der Waals surface area contributed by atoms with Gasteiger partial charge in [0, 0.05) is 24.5 Å². The second kappa shape index (κ2) is 6.43. The highest BCUT2D eigenvalue weighted by Gasteiger charge is 2.13. The van der Waals surface area contributed by atoms with E-state index in [0.717, 1.165) is 46.5 Å². The van der Waals surface area contributed by atoms with E-state index in [4.69, 9.17) is 9.72 Å². The van der Waals surface area contributed by atoms with Gasteiger partial charge in [-0.15, -0.1) is 0 Å². The number of hydrogen-bond acceptors (Lipinski definition) is 4. The molecule has 0 spiro atoms. The first-order valence-electron chi connectivity index (χ1n) is 8.41. The molecule has 2 aromatic carbocycles. The molecule has 0 aliphatic heterocycles. The number of aryl methyl sites for hydroxylation is 1. The predicted molar refractivity (Wildman–Crippen MR) is 101 cm³/mol. The average molecular weight is 332 g/mol. The maximum Gasteiger partial charge on any atom is 0.160 e. The minimum atomic E-state index is 0.748. The van der Waals surface area contributed by atoms with Crippen LogP contribution in [-0.2, 0) is 13.1 Å². The number of rotatable bonds is 5. The zero-order chi connectivity index (χ0) is 17.2. The fourth-order valence-electron chi connectivity index (χ4n) is 3.08. The normalized spacial score (nSPS) is 11.1. The Hall–Kier alpha value is -3.08. The van der Waals surface area contributed by atoms with Gasteiger partial charge in [0.2, 0.25) is 0 Å². The Morgan fingerprint density at radius 3 is 2.68 bits per heavy atom. The molecule has 0 aliphatic rings. The summed E-state index contributed by atoms with van der Waals surface area (Å²) in [5.74, 6) is 0.802. The quantitative estimate of drug-likeness (QED) is 0.594. The number of aromatic nitrogens is 3. The summed E-state index contributed by atoms with van der Waals surface area (Å²) in [6.45, 7) is 3.60. The number of ether oxygens (including phenoxy) is 1. The van der Waals surface area contributed by atoms with E-state index in [9.17, 15) is 0 Å². The van der Waals surface area contributed by atoms with Gasteiger partial charge in [-0.1, -0.05) is 30.3 Å². The fraction of sp³-hybridized carbons (Fsp3) is 0.200. The third kappa shape index (κ3) is 2.78. The molecule has 25 heavy (non-hydrogen) atoms. The van der Waals surface area contributed by atoms with Gasteiger partial charge in [0.25, 0.3) is 0 Å². The van der Waals surface area contributed by atoms with Crippen LogP contribution in [0.3, 0.4) is 0 Å². The summed E-state index contributed by atoms with van der Waals surface area (Å²) in [7, 11) is 1.67. The van der Waals surface area contributed by atoms with Crippen LogP contribution in [0.1, 0.15) is 12.5 Å².